The van der Waals surface area contributed by atoms with Gasteiger partial charge in [-0.25, -0.2) is 9.78 Å². The molecule has 0 aliphatic heterocycles. The van der Waals surface area contributed by atoms with E-state index in [2.05, 4.69) is 10.3 Å². The van der Waals surface area contributed by atoms with E-state index in [1.165, 1.54) is 29.6 Å². The molecule has 0 radical (unpaired) electrons. The molecule has 0 aliphatic carbocycles. The van der Waals surface area contributed by atoms with E-state index in [0.29, 0.717) is 44.9 Å². The van der Waals surface area contributed by atoms with Gasteiger partial charge in [-0.3, -0.25) is 9.59 Å². The predicted molar refractivity (Wildman–Crippen MR) is 127 cm³/mol. The second kappa shape index (κ2) is 11.1. The van der Waals surface area contributed by atoms with E-state index in [9.17, 15) is 14.4 Å². The van der Waals surface area contributed by atoms with Crippen molar-refractivity contribution in [3.05, 3.63) is 50.7 Å². The molecule has 0 bridgehead atoms. The number of thiophene rings is 1. The number of aromatic nitrogens is 1. The molecule has 8 nitrogen and oxygen atoms in total. The summed E-state index contributed by atoms with van der Waals surface area (Å²) in [5.74, 6) is 0.195. The Labute approximate surface area is 199 Å². The van der Waals surface area contributed by atoms with Crippen molar-refractivity contribution in [2.24, 2.45) is 0 Å². The molecule has 3 rings (SSSR count). The van der Waals surface area contributed by atoms with E-state index in [4.69, 9.17) is 14.2 Å². The number of benzene rings is 1. The zero-order valence-electron chi connectivity index (χ0n) is 18.7. The van der Waals surface area contributed by atoms with Crippen molar-refractivity contribution in [3.8, 4) is 22.1 Å². The lowest BCUT2D eigenvalue weighted by molar-refractivity contribution is -0.118. The monoisotopic (exact) mass is 488 g/mol. The number of ketones is 1. The van der Waals surface area contributed by atoms with Crippen LogP contribution in [0.3, 0.4) is 0 Å². The van der Waals surface area contributed by atoms with Gasteiger partial charge in [0.25, 0.3) is 0 Å². The second-order valence-electron chi connectivity index (χ2n) is 7.00. The fourth-order valence-electron chi connectivity index (χ4n) is 2.97. The molecule has 1 aromatic carbocycles. The number of nitrogens with zero attached hydrogens (tertiary/aromatic N) is 1. The minimum atomic E-state index is -0.590. The van der Waals surface area contributed by atoms with Gasteiger partial charge < -0.3 is 19.5 Å². The van der Waals surface area contributed by atoms with Gasteiger partial charge in [-0.1, -0.05) is 0 Å². The van der Waals surface area contributed by atoms with Crippen LogP contribution in [0.1, 0.15) is 36.8 Å². The number of carbonyl (C=O) groups is 3. The van der Waals surface area contributed by atoms with E-state index in [-0.39, 0.29) is 18.3 Å². The first-order chi connectivity index (χ1) is 15.8. The third kappa shape index (κ3) is 6.17. The van der Waals surface area contributed by atoms with E-state index in [1.807, 2.05) is 12.1 Å². The molecule has 1 N–H and O–H groups in total. The Balaban J connectivity index is 1.62. The Bertz CT molecular complexity index is 1170. The van der Waals surface area contributed by atoms with Crippen LogP contribution >= 0.6 is 22.7 Å². The van der Waals surface area contributed by atoms with Crippen LogP contribution in [0.5, 0.6) is 11.5 Å². The van der Waals surface area contributed by atoms with Crippen molar-refractivity contribution in [1.29, 1.82) is 0 Å². The average Bonchev–Trinajstić information content (AvgIpc) is 3.43. The number of amides is 1. The molecule has 174 valence electrons. The summed E-state index contributed by atoms with van der Waals surface area (Å²) in [6.45, 7) is 3.33. The highest BCUT2D eigenvalue weighted by molar-refractivity contribution is 7.17. The lowest BCUT2D eigenvalue weighted by Gasteiger charge is -2.08. The van der Waals surface area contributed by atoms with Gasteiger partial charge >= 0.3 is 5.97 Å². The SMILES string of the molecule is COc1ccc(-c2nc(C)c(C(=O)OCC(=O)c3ccc(CCNC(C)=O)s3)s2)cc1OC. The average molecular weight is 489 g/mol. The highest BCUT2D eigenvalue weighted by Crippen LogP contribution is 2.35. The first-order valence-corrected chi connectivity index (χ1v) is 11.7. The van der Waals surface area contributed by atoms with E-state index in [0.717, 1.165) is 10.4 Å². The Morgan fingerprint density at radius 2 is 1.79 bits per heavy atom. The molecule has 0 saturated carbocycles. The maximum atomic E-state index is 12.6. The van der Waals surface area contributed by atoms with Crippen molar-refractivity contribution in [2.75, 3.05) is 27.4 Å². The number of thiazole rings is 1. The summed E-state index contributed by atoms with van der Waals surface area (Å²) in [5.41, 5.74) is 1.31. The standard InChI is InChI=1S/C23H24N2O6S2/c1-13-21(33-22(25-13)15-5-7-18(29-3)19(11-15)30-4)23(28)31-12-17(27)20-8-6-16(32-20)9-10-24-14(2)26/h5-8,11H,9-10,12H2,1-4H3,(H,24,26). The Hall–Kier alpha value is -3.24. The summed E-state index contributed by atoms with van der Waals surface area (Å²) >= 11 is 2.52. The molecule has 10 heteroatoms. The smallest absolute Gasteiger partial charge is 0.350 e. The maximum Gasteiger partial charge on any atom is 0.350 e. The van der Waals surface area contributed by atoms with Crippen LogP contribution in [0, 0.1) is 6.92 Å². The Kier molecular flexibility index (Phi) is 8.18. The minimum Gasteiger partial charge on any atom is -0.493 e. The van der Waals surface area contributed by atoms with Crippen LogP contribution in [0.2, 0.25) is 0 Å². The number of ether oxygens (including phenoxy) is 3. The normalized spacial score (nSPS) is 10.5. The number of carbonyl (C=O) groups excluding carboxylic acids is 3. The molecule has 0 atom stereocenters. The van der Waals surface area contributed by atoms with Gasteiger partial charge in [0.15, 0.2) is 18.1 Å². The molecule has 0 fully saturated rings. The van der Waals surface area contributed by atoms with Crippen molar-refractivity contribution in [1.82, 2.24) is 10.3 Å². The van der Waals surface area contributed by atoms with Crippen LogP contribution in [-0.4, -0.2) is 50.0 Å². The summed E-state index contributed by atoms with van der Waals surface area (Å²) in [5, 5.41) is 3.35. The number of esters is 1. The molecular formula is C23H24N2O6S2. The van der Waals surface area contributed by atoms with E-state index >= 15 is 0 Å². The van der Waals surface area contributed by atoms with Crippen LogP contribution in [0.4, 0.5) is 0 Å². The van der Waals surface area contributed by atoms with Crippen molar-refractivity contribution in [2.45, 2.75) is 20.3 Å². The van der Waals surface area contributed by atoms with Gasteiger partial charge in [0.1, 0.15) is 9.88 Å². The van der Waals surface area contributed by atoms with E-state index in [1.54, 1.807) is 39.3 Å². The number of hydrogen-bond acceptors (Lipinski definition) is 9. The van der Waals surface area contributed by atoms with Gasteiger partial charge in [-0.2, -0.15) is 0 Å². The summed E-state index contributed by atoms with van der Waals surface area (Å²) in [4.78, 5) is 42.3. The fraction of sp³-hybridized carbons (Fsp3) is 0.304. The molecule has 0 aliphatic rings. The van der Waals surface area contributed by atoms with Gasteiger partial charge in [0.05, 0.1) is 24.8 Å². The zero-order chi connectivity index (χ0) is 24.0. The lowest BCUT2D eigenvalue weighted by Crippen LogP contribution is -2.22. The molecule has 3 aromatic rings. The summed E-state index contributed by atoms with van der Waals surface area (Å²) in [7, 11) is 3.11. The molecule has 33 heavy (non-hydrogen) atoms. The number of rotatable bonds is 10. The summed E-state index contributed by atoms with van der Waals surface area (Å²) < 4.78 is 15.8. The Morgan fingerprint density at radius 1 is 1.03 bits per heavy atom. The number of aryl methyl sites for hydroxylation is 1. The van der Waals surface area contributed by atoms with Gasteiger partial charge in [-0.15, -0.1) is 22.7 Å². The second-order valence-corrected chi connectivity index (χ2v) is 9.17. The minimum absolute atomic E-state index is 0.0950. The molecular weight excluding hydrogens is 464 g/mol. The van der Waals surface area contributed by atoms with Crippen molar-refractivity contribution >= 4 is 40.3 Å². The number of hydrogen-bond donors (Lipinski definition) is 1. The number of Topliss-reactive ketones (excluding diaryl/α,β-unsaturated/α-hetero) is 1. The van der Waals surface area contributed by atoms with Crippen molar-refractivity contribution < 1.29 is 28.6 Å². The van der Waals surface area contributed by atoms with Crippen LogP contribution in [0.25, 0.3) is 10.6 Å². The molecule has 1 amide bonds. The molecule has 0 spiro atoms. The quantitative estimate of drug-likeness (QED) is 0.341. The fourth-order valence-corrected chi connectivity index (χ4v) is 4.86. The molecule has 2 aromatic heterocycles. The maximum absolute atomic E-state index is 12.6. The van der Waals surface area contributed by atoms with Crippen LogP contribution in [0.15, 0.2) is 30.3 Å². The van der Waals surface area contributed by atoms with E-state index < -0.39 is 5.97 Å². The Morgan fingerprint density at radius 3 is 2.48 bits per heavy atom. The van der Waals surface area contributed by atoms with Gasteiger partial charge in [0, 0.05) is 23.9 Å². The highest BCUT2D eigenvalue weighted by Gasteiger charge is 2.20. The van der Waals surface area contributed by atoms with Gasteiger partial charge in [0.2, 0.25) is 11.7 Å². The molecule has 0 unspecified atom stereocenters. The first kappa shape index (κ1) is 24.4. The van der Waals surface area contributed by atoms with Crippen LogP contribution < -0.4 is 14.8 Å². The number of nitrogens with one attached hydrogen (secondary N) is 1. The summed E-state index contributed by atoms with van der Waals surface area (Å²) in [6.07, 6.45) is 0.635. The predicted octanol–water partition coefficient (Wildman–Crippen LogP) is 3.92. The van der Waals surface area contributed by atoms with Gasteiger partial charge in [-0.05, 0) is 43.7 Å². The van der Waals surface area contributed by atoms with Crippen LogP contribution in [-0.2, 0) is 16.0 Å². The molecule has 0 saturated heterocycles. The lowest BCUT2D eigenvalue weighted by atomic mass is 10.2. The number of methoxy groups -OCH3 is 2. The topological polar surface area (TPSA) is 104 Å². The highest BCUT2D eigenvalue weighted by atomic mass is 32.1. The van der Waals surface area contributed by atoms with Crippen molar-refractivity contribution in [3.63, 3.8) is 0 Å². The first-order valence-electron chi connectivity index (χ1n) is 10.1. The largest absolute Gasteiger partial charge is 0.493 e. The summed E-state index contributed by atoms with van der Waals surface area (Å²) in [6, 6.07) is 8.93. The molecule has 2 heterocycles. The third-order valence-corrected chi connectivity index (χ3v) is 7.00. The zero-order valence-corrected chi connectivity index (χ0v) is 20.4. The third-order valence-electron chi connectivity index (χ3n) is 4.63.